The number of carbonyl (C=O) groups excluding carboxylic acids is 2. The third-order valence-electron chi connectivity index (χ3n) is 4.38. The van der Waals surface area contributed by atoms with Gasteiger partial charge in [-0.15, -0.1) is 0 Å². The molecule has 156 valence electrons. The van der Waals surface area contributed by atoms with Gasteiger partial charge in [0.1, 0.15) is 5.75 Å². The molecule has 1 atom stereocenters. The number of nitrogens with zero attached hydrogens (tertiary/aromatic N) is 2. The zero-order valence-electron chi connectivity index (χ0n) is 17.0. The van der Waals surface area contributed by atoms with Crippen LogP contribution >= 0.6 is 0 Å². The topological polar surface area (TPSA) is 104 Å². The molecule has 0 bridgehead atoms. The SMILES string of the molecule is COc1cccc(-c2noc(COC(=O)CC(NC(C)=O)c3ccc(C)cc3)n2)c1. The lowest BCUT2D eigenvalue weighted by molar-refractivity contribution is -0.146. The van der Waals surface area contributed by atoms with Gasteiger partial charge in [0.15, 0.2) is 6.61 Å². The largest absolute Gasteiger partial charge is 0.497 e. The van der Waals surface area contributed by atoms with Gasteiger partial charge >= 0.3 is 5.97 Å². The molecule has 0 aliphatic carbocycles. The lowest BCUT2D eigenvalue weighted by Gasteiger charge is -2.17. The molecule has 0 radical (unpaired) electrons. The zero-order chi connectivity index (χ0) is 21.5. The summed E-state index contributed by atoms with van der Waals surface area (Å²) in [6.07, 6.45) is -0.0144. The molecule has 1 amide bonds. The molecular formula is C22H23N3O5. The van der Waals surface area contributed by atoms with Gasteiger partial charge in [0, 0.05) is 12.5 Å². The van der Waals surface area contributed by atoms with Crippen LogP contribution in [0.1, 0.15) is 36.4 Å². The maximum atomic E-state index is 12.3. The van der Waals surface area contributed by atoms with Gasteiger partial charge in [0.25, 0.3) is 5.89 Å². The number of methoxy groups -OCH3 is 1. The van der Waals surface area contributed by atoms with Gasteiger partial charge in [-0.3, -0.25) is 9.59 Å². The van der Waals surface area contributed by atoms with E-state index in [0.717, 1.165) is 16.7 Å². The zero-order valence-corrected chi connectivity index (χ0v) is 17.0. The summed E-state index contributed by atoms with van der Waals surface area (Å²) in [4.78, 5) is 28.1. The average molecular weight is 409 g/mol. The highest BCUT2D eigenvalue weighted by Crippen LogP contribution is 2.22. The van der Waals surface area contributed by atoms with E-state index in [1.54, 1.807) is 13.2 Å². The van der Waals surface area contributed by atoms with E-state index in [1.165, 1.54) is 6.92 Å². The van der Waals surface area contributed by atoms with Crippen LogP contribution in [0.3, 0.4) is 0 Å². The second-order valence-electron chi connectivity index (χ2n) is 6.77. The Bertz CT molecular complexity index is 1010. The van der Waals surface area contributed by atoms with E-state index < -0.39 is 12.0 Å². The number of amides is 1. The molecule has 3 rings (SSSR count). The van der Waals surface area contributed by atoms with Gasteiger partial charge in [-0.1, -0.05) is 47.1 Å². The summed E-state index contributed by atoms with van der Waals surface area (Å²) >= 11 is 0. The van der Waals surface area contributed by atoms with Gasteiger partial charge < -0.3 is 19.3 Å². The Kier molecular flexibility index (Phi) is 6.79. The lowest BCUT2D eigenvalue weighted by atomic mass is 10.0. The molecule has 8 nitrogen and oxygen atoms in total. The number of aromatic nitrogens is 2. The number of hydrogen-bond acceptors (Lipinski definition) is 7. The van der Waals surface area contributed by atoms with E-state index in [9.17, 15) is 9.59 Å². The maximum absolute atomic E-state index is 12.3. The standard InChI is InChI=1S/C22H23N3O5/c1-14-7-9-16(10-8-14)19(23-15(2)26)12-21(27)29-13-20-24-22(25-30-20)17-5-4-6-18(11-17)28-3/h4-11,19H,12-13H2,1-3H3,(H,23,26). The van der Waals surface area contributed by atoms with Crippen LogP contribution < -0.4 is 10.1 Å². The molecule has 0 spiro atoms. The number of benzene rings is 2. The first-order valence-corrected chi connectivity index (χ1v) is 9.41. The van der Waals surface area contributed by atoms with Gasteiger partial charge in [0.2, 0.25) is 11.7 Å². The molecule has 1 aromatic heterocycles. The van der Waals surface area contributed by atoms with E-state index in [4.69, 9.17) is 14.0 Å². The summed E-state index contributed by atoms with van der Waals surface area (Å²) < 4.78 is 15.6. The summed E-state index contributed by atoms with van der Waals surface area (Å²) in [5.74, 6) is 0.498. The Labute approximate surface area is 174 Å². The minimum Gasteiger partial charge on any atom is -0.497 e. The average Bonchev–Trinajstić information content (AvgIpc) is 3.21. The minimum absolute atomic E-state index is 0.0144. The second-order valence-corrected chi connectivity index (χ2v) is 6.77. The maximum Gasteiger partial charge on any atom is 0.308 e. The number of hydrogen-bond donors (Lipinski definition) is 1. The van der Waals surface area contributed by atoms with Crippen LogP contribution in [0.4, 0.5) is 0 Å². The fraction of sp³-hybridized carbons (Fsp3) is 0.273. The summed E-state index contributed by atoms with van der Waals surface area (Å²) in [6.45, 7) is 3.22. The highest BCUT2D eigenvalue weighted by Gasteiger charge is 2.19. The molecule has 0 saturated carbocycles. The molecule has 0 fully saturated rings. The number of ether oxygens (including phenoxy) is 2. The molecule has 3 aromatic rings. The van der Waals surface area contributed by atoms with Crippen molar-refractivity contribution >= 4 is 11.9 Å². The predicted octanol–water partition coefficient (Wildman–Crippen LogP) is 3.36. The van der Waals surface area contributed by atoms with E-state index in [2.05, 4.69) is 15.5 Å². The molecule has 1 unspecified atom stereocenters. The highest BCUT2D eigenvalue weighted by atomic mass is 16.6. The lowest BCUT2D eigenvalue weighted by Crippen LogP contribution is -2.28. The van der Waals surface area contributed by atoms with Crippen LogP contribution in [0.25, 0.3) is 11.4 Å². The monoisotopic (exact) mass is 409 g/mol. The van der Waals surface area contributed by atoms with E-state index >= 15 is 0 Å². The van der Waals surface area contributed by atoms with Gasteiger partial charge in [-0.05, 0) is 24.6 Å². The number of aryl methyl sites for hydroxylation is 1. The summed E-state index contributed by atoms with van der Waals surface area (Å²) in [5, 5.41) is 6.68. The summed E-state index contributed by atoms with van der Waals surface area (Å²) in [6, 6.07) is 14.4. The molecule has 0 saturated heterocycles. The molecule has 2 aromatic carbocycles. The third-order valence-corrected chi connectivity index (χ3v) is 4.38. The molecule has 1 heterocycles. The van der Waals surface area contributed by atoms with Crippen molar-refractivity contribution in [1.82, 2.24) is 15.5 Å². The summed E-state index contributed by atoms with van der Waals surface area (Å²) in [7, 11) is 1.57. The summed E-state index contributed by atoms with van der Waals surface area (Å²) in [5.41, 5.74) is 2.64. The second kappa shape index (κ2) is 9.69. The minimum atomic E-state index is -0.490. The van der Waals surface area contributed by atoms with Crippen LogP contribution in [0.2, 0.25) is 0 Å². The van der Waals surface area contributed by atoms with Crippen LogP contribution in [0.15, 0.2) is 53.1 Å². The van der Waals surface area contributed by atoms with Crippen LogP contribution in [-0.4, -0.2) is 29.1 Å². The molecule has 1 N–H and O–H groups in total. The van der Waals surface area contributed by atoms with E-state index in [0.29, 0.717) is 11.6 Å². The first-order chi connectivity index (χ1) is 14.4. The van der Waals surface area contributed by atoms with E-state index in [1.807, 2.05) is 49.4 Å². The van der Waals surface area contributed by atoms with Gasteiger partial charge in [-0.2, -0.15) is 4.98 Å². The van der Waals surface area contributed by atoms with Gasteiger partial charge in [-0.25, -0.2) is 0 Å². The number of rotatable bonds is 8. The van der Waals surface area contributed by atoms with E-state index in [-0.39, 0.29) is 24.8 Å². The van der Waals surface area contributed by atoms with Crippen LogP contribution in [0.5, 0.6) is 5.75 Å². The first-order valence-electron chi connectivity index (χ1n) is 9.41. The molecule has 30 heavy (non-hydrogen) atoms. The fourth-order valence-electron chi connectivity index (χ4n) is 2.86. The Morgan fingerprint density at radius 1 is 1.17 bits per heavy atom. The Hall–Kier alpha value is -3.68. The quantitative estimate of drug-likeness (QED) is 0.569. The predicted molar refractivity (Wildman–Crippen MR) is 108 cm³/mol. The number of esters is 1. The molecule has 8 heteroatoms. The van der Waals surface area contributed by atoms with Crippen molar-refractivity contribution in [3.05, 3.63) is 65.5 Å². The van der Waals surface area contributed by atoms with Crippen molar-refractivity contribution < 1.29 is 23.6 Å². The molecule has 0 aliphatic heterocycles. The van der Waals surface area contributed by atoms with Crippen molar-refractivity contribution in [2.24, 2.45) is 0 Å². The molecule has 0 aliphatic rings. The van der Waals surface area contributed by atoms with Crippen LogP contribution in [-0.2, 0) is 20.9 Å². The van der Waals surface area contributed by atoms with Crippen molar-refractivity contribution in [2.45, 2.75) is 32.9 Å². The number of nitrogens with one attached hydrogen (secondary N) is 1. The first kappa shape index (κ1) is 21.0. The highest BCUT2D eigenvalue weighted by molar-refractivity contribution is 5.76. The fourth-order valence-corrected chi connectivity index (χ4v) is 2.86. The smallest absolute Gasteiger partial charge is 0.308 e. The van der Waals surface area contributed by atoms with Crippen molar-refractivity contribution in [3.8, 4) is 17.1 Å². The van der Waals surface area contributed by atoms with Crippen LogP contribution in [0, 0.1) is 6.92 Å². The molecular weight excluding hydrogens is 386 g/mol. The van der Waals surface area contributed by atoms with Crippen molar-refractivity contribution in [2.75, 3.05) is 7.11 Å². The van der Waals surface area contributed by atoms with Crippen molar-refractivity contribution in [1.29, 1.82) is 0 Å². The Morgan fingerprint density at radius 3 is 2.63 bits per heavy atom. The Morgan fingerprint density at radius 2 is 1.93 bits per heavy atom. The normalized spacial score (nSPS) is 11.6. The third kappa shape index (κ3) is 5.66. The van der Waals surface area contributed by atoms with Crippen molar-refractivity contribution in [3.63, 3.8) is 0 Å². The Balaban J connectivity index is 1.61. The van der Waals surface area contributed by atoms with Gasteiger partial charge in [0.05, 0.1) is 19.6 Å². The number of carbonyl (C=O) groups is 2.